The number of ether oxygens (including phenoxy) is 2. The maximum absolute atomic E-state index is 5.88. The molecular weight excluding hydrogens is 334 g/mol. The quantitative estimate of drug-likeness (QED) is 0.452. The van der Waals surface area contributed by atoms with Crippen LogP contribution < -0.4 is 20.2 Å². The van der Waals surface area contributed by atoms with Crippen LogP contribution in [0.15, 0.2) is 47.6 Å². The zero-order valence-corrected chi connectivity index (χ0v) is 15.5. The van der Waals surface area contributed by atoms with Crippen molar-refractivity contribution < 1.29 is 9.47 Å². The molecule has 0 radical (unpaired) electrons. The highest BCUT2D eigenvalue weighted by atomic mass is 32.1. The second-order valence-electron chi connectivity index (χ2n) is 5.42. The van der Waals surface area contributed by atoms with E-state index in [4.69, 9.17) is 21.7 Å². The van der Waals surface area contributed by atoms with Crippen LogP contribution >= 0.6 is 12.2 Å². The van der Waals surface area contributed by atoms with Gasteiger partial charge in [-0.15, -0.1) is 0 Å². The molecule has 2 N–H and O–H groups in total. The highest BCUT2D eigenvalue weighted by Crippen LogP contribution is 2.28. The Kier molecular flexibility index (Phi) is 7.22. The van der Waals surface area contributed by atoms with Crippen molar-refractivity contribution in [2.75, 3.05) is 13.7 Å². The molecule has 0 aromatic heterocycles. The van der Waals surface area contributed by atoms with Crippen molar-refractivity contribution >= 4 is 23.5 Å². The second-order valence-corrected chi connectivity index (χ2v) is 5.83. The molecule has 5 nitrogen and oxygen atoms in total. The lowest BCUT2D eigenvalue weighted by Crippen LogP contribution is -2.31. The van der Waals surface area contributed by atoms with Gasteiger partial charge >= 0.3 is 0 Å². The minimum atomic E-state index is 0.490. The van der Waals surface area contributed by atoms with Gasteiger partial charge in [0.05, 0.1) is 13.3 Å². The van der Waals surface area contributed by atoms with Crippen molar-refractivity contribution in [3.05, 3.63) is 59.2 Å². The van der Waals surface area contributed by atoms with Crippen LogP contribution in [0, 0.1) is 6.92 Å². The number of methoxy groups -OCH3 is 1. The highest BCUT2D eigenvalue weighted by molar-refractivity contribution is 7.80. The topological polar surface area (TPSA) is 54.9 Å². The number of aryl methyl sites for hydroxylation is 1. The van der Waals surface area contributed by atoms with Gasteiger partial charge in [-0.05, 0) is 55.4 Å². The summed E-state index contributed by atoms with van der Waals surface area (Å²) in [5, 5.41) is 7.54. The highest BCUT2D eigenvalue weighted by Gasteiger charge is 2.06. The minimum absolute atomic E-state index is 0.490. The first-order chi connectivity index (χ1) is 12.1. The Morgan fingerprint density at radius 1 is 1.20 bits per heavy atom. The molecule has 0 aliphatic heterocycles. The van der Waals surface area contributed by atoms with Crippen molar-refractivity contribution in [2.45, 2.75) is 20.5 Å². The molecule has 2 aromatic carbocycles. The lowest BCUT2D eigenvalue weighted by atomic mass is 10.1. The van der Waals surface area contributed by atoms with Gasteiger partial charge in [0.2, 0.25) is 0 Å². The molecule has 2 aromatic rings. The van der Waals surface area contributed by atoms with E-state index >= 15 is 0 Å². The van der Waals surface area contributed by atoms with E-state index in [2.05, 4.69) is 34.9 Å². The summed E-state index contributed by atoms with van der Waals surface area (Å²) in [6.45, 7) is 5.28. The lowest BCUT2D eigenvalue weighted by molar-refractivity contribution is 0.284. The molecule has 0 saturated carbocycles. The van der Waals surface area contributed by atoms with E-state index in [0.29, 0.717) is 23.2 Å². The lowest BCUT2D eigenvalue weighted by Gasteiger charge is -2.11. The fraction of sp³-hybridized carbons (Fsp3) is 0.263. The largest absolute Gasteiger partial charge is 0.493 e. The van der Waals surface area contributed by atoms with Gasteiger partial charge in [0, 0.05) is 6.54 Å². The Hall–Kier alpha value is -2.60. The molecule has 0 spiro atoms. The number of benzene rings is 2. The number of hydrogen-bond donors (Lipinski definition) is 2. The first kappa shape index (κ1) is 18.7. The van der Waals surface area contributed by atoms with E-state index in [9.17, 15) is 0 Å². The fourth-order valence-electron chi connectivity index (χ4n) is 2.21. The van der Waals surface area contributed by atoms with Gasteiger partial charge < -0.3 is 14.8 Å². The Bertz CT molecular complexity index is 747. The van der Waals surface area contributed by atoms with Crippen LogP contribution in [0.2, 0.25) is 0 Å². The van der Waals surface area contributed by atoms with Crippen molar-refractivity contribution in [2.24, 2.45) is 5.10 Å². The SMILES string of the molecule is CCNC(=S)NN=Cc1ccc(OCc2cccc(C)c2)c(OC)c1. The number of hydrazone groups is 1. The van der Waals surface area contributed by atoms with Crippen LogP contribution in [0.25, 0.3) is 0 Å². The Balaban J connectivity index is 2.01. The van der Waals surface area contributed by atoms with Crippen LogP contribution in [-0.4, -0.2) is 25.0 Å². The fourth-order valence-corrected chi connectivity index (χ4v) is 2.41. The standard InChI is InChI=1S/C19H23N3O2S/c1-4-20-19(25)22-21-12-15-8-9-17(18(11-15)23-3)24-13-16-7-5-6-14(2)10-16/h5-12H,4,13H2,1-3H3,(H2,20,22,25). The molecule has 0 saturated heterocycles. The molecule has 2 rings (SSSR count). The summed E-state index contributed by atoms with van der Waals surface area (Å²) in [5.74, 6) is 1.35. The van der Waals surface area contributed by atoms with Crippen LogP contribution in [0.1, 0.15) is 23.6 Å². The molecule has 0 heterocycles. The van der Waals surface area contributed by atoms with Gasteiger partial charge in [0.25, 0.3) is 0 Å². The molecule has 132 valence electrons. The maximum Gasteiger partial charge on any atom is 0.186 e. The van der Waals surface area contributed by atoms with Crippen LogP contribution in [0.4, 0.5) is 0 Å². The molecule has 0 bridgehead atoms. The number of hydrogen-bond acceptors (Lipinski definition) is 4. The molecule has 0 fully saturated rings. The third-order valence-electron chi connectivity index (χ3n) is 3.38. The normalized spacial score (nSPS) is 10.5. The summed E-state index contributed by atoms with van der Waals surface area (Å²) < 4.78 is 11.3. The van der Waals surface area contributed by atoms with E-state index in [1.54, 1.807) is 13.3 Å². The summed E-state index contributed by atoms with van der Waals surface area (Å²) in [5.41, 5.74) is 5.96. The molecule has 0 aliphatic rings. The molecule has 0 atom stereocenters. The van der Waals surface area contributed by atoms with E-state index in [1.807, 2.05) is 37.3 Å². The van der Waals surface area contributed by atoms with Crippen LogP contribution in [0.5, 0.6) is 11.5 Å². The van der Waals surface area contributed by atoms with Gasteiger partial charge in [0.1, 0.15) is 6.61 Å². The second kappa shape index (κ2) is 9.64. The Labute approximate surface area is 154 Å². The monoisotopic (exact) mass is 357 g/mol. The molecular formula is C19H23N3O2S. The predicted octanol–water partition coefficient (Wildman–Crippen LogP) is 3.40. The summed E-state index contributed by atoms with van der Waals surface area (Å²) in [7, 11) is 1.62. The molecule has 6 heteroatoms. The third kappa shape index (κ3) is 6.08. The van der Waals surface area contributed by atoms with Gasteiger partial charge in [-0.1, -0.05) is 29.8 Å². The maximum atomic E-state index is 5.88. The minimum Gasteiger partial charge on any atom is -0.493 e. The van der Waals surface area contributed by atoms with Crippen molar-refractivity contribution in [3.8, 4) is 11.5 Å². The average molecular weight is 357 g/mol. The molecule has 0 aliphatic carbocycles. The van der Waals surface area contributed by atoms with Crippen LogP contribution in [0.3, 0.4) is 0 Å². The molecule has 25 heavy (non-hydrogen) atoms. The number of nitrogens with one attached hydrogen (secondary N) is 2. The van der Waals surface area contributed by atoms with E-state index in [-0.39, 0.29) is 0 Å². The zero-order valence-electron chi connectivity index (χ0n) is 14.7. The van der Waals surface area contributed by atoms with Gasteiger partial charge in [-0.25, -0.2) is 0 Å². The number of nitrogens with zero attached hydrogens (tertiary/aromatic N) is 1. The van der Waals surface area contributed by atoms with Crippen molar-refractivity contribution in [1.82, 2.24) is 10.7 Å². The van der Waals surface area contributed by atoms with E-state index in [0.717, 1.165) is 17.7 Å². The number of rotatable bonds is 7. The molecule has 0 amide bonds. The zero-order chi connectivity index (χ0) is 18.1. The van der Waals surface area contributed by atoms with Crippen LogP contribution in [-0.2, 0) is 6.61 Å². The Morgan fingerprint density at radius 2 is 2.04 bits per heavy atom. The van der Waals surface area contributed by atoms with Crippen molar-refractivity contribution in [3.63, 3.8) is 0 Å². The van der Waals surface area contributed by atoms with E-state index < -0.39 is 0 Å². The first-order valence-corrected chi connectivity index (χ1v) is 8.46. The van der Waals surface area contributed by atoms with Gasteiger partial charge in [-0.3, -0.25) is 5.43 Å². The smallest absolute Gasteiger partial charge is 0.186 e. The molecule has 0 unspecified atom stereocenters. The summed E-state index contributed by atoms with van der Waals surface area (Å²) in [6, 6.07) is 13.9. The summed E-state index contributed by atoms with van der Waals surface area (Å²) >= 11 is 5.05. The summed E-state index contributed by atoms with van der Waals surface area (Å²) in [4.78, 5) is 0. The van der Waals surface area contributed by atoms with E-state index in [1.165, 1.54) is 5.56 Å². The predicted molar refractivity (Wildman–Crippen MR) is 106 cm³/mol. The summed E-state index contributed by atoms with van der Waals surface area (Å²) in [6.07, 6.45) is 1.68. The average Bonchev–Trinajstić information content (AvgIpc) is 2.60. The van der Waals surface area contributed by atoms with Crippen molar-refractivity contribution in [1.29, 1.82) is 0 Å². The number of thiocarbonyl (C=S) groups is 1. The van der Waals surface area contributed by atoms with Gasteiger partial charge in [0.15, 0.2) is 16.6 Å². The first-order valence-electron chi connectivity index (χ1n) is 8.05. The Morgan fingerprint density at radius 3 is 2.76 bits per heavy atom. The van der Waals surface area contributed by atoms with Gasteiger partial charge in [-0.2, -0.15) is 5.10 Å². The third-order valence-corrected chi connectivity index (χ3v) is 3.62.